The summed E-state index contributed by atoms with van der Waals surface area (Å²) >= 11 is 0. The van der Waals surface area contributed by atoms with Crippen molar-refractivity contribution in [3.8, 4) is 11.1 Å². The van der Waals surface area contributed by atoms with Crippen LogP contribution in [0.1, 0.15) is 17.0 Å². The second-order valence-corrected chi connectivity index (χ2v) is 4.74. The number of rotatable bonds is 3. The van der Waals surface area contributed by atoms with Crippen LogP contribution in [0, 0.1) is 0 Å². The first-order valence-electron chi connectivity index (χ1n) is 8.26. The molecule has 0 heterocycles. The highest BCUT2D eigenvalue weighted by atomic mass is 16.3. The molecule has 1 aliphatic rings. The Morgan fingerprint density at radius 2 is 1.28 bits per heavy atom. The molecule has 0 fully saturated rings. The van der Waals surface area contributed by atoms with Gasteiger partial charge in [-0.05, 0) is 43.4 Å². The fraction of sp³-hybridized carbons (Fsp3) is 0.238. The van der Waals surface area contributed by atoms with E-state index in [-0.39, 0.29) is 6.61 Å². The van der Waals surface area contributed by atoms with Crippen molar-refractivity contribution in [1.82, 2.24) is 0 Å². The molecule has 136 valence electrons. The van der Waals surface area contributed by atoms with Crippen LogP contribution >= 0.6 is 0 Å². The summed E-state index contributed by atoms with van der Waals surface area (Å²) in [5.74, 6) is 0.369. The van der Waals surface area contributed by atoms with Gasteiger partial charge in [0.2, 0.25) is 0 Å². The minimum atomic E-state index is 0.0933. The average Bonchev–Trinajstić information content (AvgIpc) is 3.27. The molecule has 7 N–H and O–H groups in total. The third-order valence-electron chi connectivity index (χ3n) is 3.52. The summed E-state index contributed by atoms with van der Waals surface area (Å²) in [5, 5.41) is 9.11. The zero-order valence-corrected chi connectivity index (χ0v) is 15.4. The first-order chi connectivity index (χ1) is 12.4. The smallest absolute Gasteiger partial charge is 0.0681 e. The van der Waals surface area contributed by atoms with Crippen LogP contribution in [-0.2, 0) is 6.61 Å². The molecule has 3 rings (SSSR count). The number of allylic oxidation sites excluding steroid dienone is 4. The van der Waals surface area contributed by atoms with E-state index in [0.717, 1.165) is 5.56 Å². The number of aliphatic hydroxyl groups is 1. The molecule has 2 aromatic rings. The molecule has 0 amide bonds. The van der Waals surface area contributed by atoms with Crippen molar-refractivity contribution in [3.63, 3.8) is 0 Å². The number of hydrogen-bond acceptors (Lipinski definition) is 4. The molecule has 25 heavy (non-hydrogen) atoms. The van der Waals surface area contributed by atoms with Crippen LogP contribution in [-0.4, -0.2) is 26.2 Å². The molecular formula is C21H31N3O. The van der Waals surface area contributed by atoms with Crippen molar-refractivity contribution in [2.75, 3.05) is 21.1 Å². The molecule has 2 aromatic carbocycles. The van der Waals surface area contributed by atoms with E-state index in [0.29, 0.717) is 5.92 Å². The fourth-order valence-corrected chi connectivity index (χ4v) is 2.48. The van der Waals surface area contributed by atoms with Gasteiger partial charge in [-0.1, -0.05) is 72.8 Å². The first kappa shape index (κ1) is 22.8. The minimum Gasteiger partial charge on any atom is -0.392 e. The summed E-state index contributed by atoms with van der Waals surface area (Å²) < 4.78 is 0. The molecule has 0 aromatic heterocycles. The van der Waals surface area contributed by atoms with Gasteiger partial charge in [0.1, 0.15) is 0 Å². The Hall–Kier alpha value is -2.24. The summed E-state index contributed by atoms with van der Waals surface area (Å²) in [7, 11) is 4.50. The van der Waals surface area contributed by atoms with Gasteiger partial charge in [-0.3, -0.25) is 0 Å². The maximum absolute atomic E-state index is 9.11. The van der Waals surface area contributed by atoms with Crippen LogP contribution < -0.4 is 17.2 Å². The third-order valence-corrected chi connectivity index (χ3v) is 3.52. The fourth-order valence-electron chi connectivity index (χ4n) is 2.48. The molecule has 0 atom stereocenters. The van der Waals surface area contributed by atoms with E-state index in [2.05, 4.69) is 77.9 Å². The first-order valence-corrected chi connectivity index (χ1v) is 8.26. The highest BCUT2D eigenvalue weighted by Gasteiger charge is 2.12. The molecule has 0 saturated heterocycles. The number of aliphatic hydroxyl groups excluding tert-OH is 1. The Labute approximate surface area is 151 Å². The maximum Gasteiger partial charge on any atom is 0.0681 e. The van der Waals surface area contributed by atoms with Gasteiger partial charge in [-0.15, -0.1) is 0 Å². The van der Waals surface area contributed by atoms with Gasteiger partial charge in [-0.2, -0.15) is 0 Å². The lowest BCUT2D eigenvalue weighted by Gasteiger charge is -2.13. The van der Waals surface area contributed by atoms with Gasteiger partial charge in [0, 0.05) is 5.92 Å². The van der Waals surface area contributed by atoms with E-state index in [1.54, 1.807) is 0 Å². The van der Waals surface area contributed by atoms with Crippen molar-refractivity contribution in [1.29, 1.82) is 0 Å². The second kappa shape index (κ2) is 14.1. The van der Waals surface area contributed by atoms with Crippen LogP contribution in [0.25, 0.3) is 11.1 Å². The van der Waals surface area contributed by atoms with Gasteiger partial charge in [0.05, 0.1) is 6.61 Å². The molecule has 4 heteroatoms. The van der Waals surface area contributed by atoms with Crippen molar-refractivity contribution in [3.05, 3.63) is 84.0 Å². The van der Waals surface area contributed by atoms with Crippen LogP contribution in [0.3, 0.4) is 0 Å². The van der Waals surface area contributed by atoms with Gasteiger partial charge in [-0.25, -0.2) is 0 Å². The predicted octanol–water partition coefficient (Wildman–Crippen LogP) is 2.78. The molecule has 4 nitrogen and oxygen atoms in total. The van der Waals surface area contributed by atoms with Crippen LogP contribution in [0.4, 0.5) is 0 Å². The lowest BCUT2D eigenvalue weighted by atomic mass is 9.91. The number of benzene rings is 2. The molecule has 0 spiro atoms. The Balaban J connectivity index is 0.000000871. The Morgan fingerprint density at radius 3 is 1.80 bits per heavy atom. The van der Waals surface area contributed by atoms with E-state index in [9.17, 15) is 0 Å². The molecule has 0 saturated carbocycles. The molecule has 0 unspecified atom stereocenters. The highest BCUT2D eigenvalue weighted by molar-refractivity contribution is 5.69. The normalized spacial score (nSPS) is 11.5. The van der Waals surface area contributed by atoms with Crippen LogP contribution in [0.15, 0.2) is 72.8 Å². The largest absolute Gasteiger partial charge is 0.392 e. The zero-order chi connectivity index (χ0) is 19.1. The maximum atomic E-state index is 9.11. The molecule has 1 aliphatic carbocycles. The lowest BCUT2D eigenvalue weighted by molar-refractivity contribution is 0.282. The topological polar surface area (TPSA) is 98.3 Å². The van der Waals surface area contributed by atoms with E-state index >= 15 is 0 Å². The van der Waals surface area contributed by atoms with E-state index in [1.165, 1.54) is 37.8 Å². The number of hydrogen-bond donors (Lipinski definition) is 4. The predicted molar refractivity (Wildman–Crippen MR) is 109 cm³/mol. The Kier molecular flexibility index (Phi) is 12.9. The summed E-state index contributed by atoms with van der Waals surface area (Å²) in [6, 6.07) is 16.6. The average molecular weight is 341 g/mol. The zero-order valence-electron chi connectivity index (χ0n) is 15.4. The van der Waals surface area contributed by atoms with Crippen molar-refractivity contribution in [2.24, 2.45) is 17.2 Å². The SMILES string of the molecule is CN.CN.CN.OCc1ccc(-c2ccccc2C2C=CC=C2)cc1. The highest BCUT2D eigenvalue weighted by Crippen LogP contribution is 2.32. The van der Waals surface area contributed by atoms with E-state index in [1.807, 2.05) is 12.1 Å². The van der Waals surface area contributed by atoms with E-state index in [4.69, 9.17) is 5.11 Å². The third kappa shape index (κ3) is 6.64. The Morgan fingerprint density at radius 1 is 0.760 bits per heavy atom. The molecule has 0 aliphatic heterocycles. The van der Waals surface area contributed by atoms with Crippen LogP contribution in [0.5, 0.6) is 0 Å². The summed E-state index contributed by atoms with van der Waals surface area (Å²) in [6.07, 6.45) is 8.61. The number of nitrogens with two attached hydrogens (primary N) is 3. The molecule has 0 bridgehead atoms. The standard InChI is InChI=1S/C18H16O.3CH5N/c19-13-14-9-11-16(12-10-14)18-8-4-3-7-17(18)15-5-1-2-6-15;3*1-2/h1-12,15,19H,13H2;3*2H2,1H3. The van der Waals surface area contributed by atoms with Gasteiger partial charge in [0.25, 0.3) is 0 Å². The lowest BCUT2D eigenvalue weighted by Crippen LogP contribution is -1.93. The monoisotopic (exact) mass is 341 g/mol. The van der Waals surface area contributed by atoms with Gasteiger partial charge in [0.15, 0.2) is 0 Å². The molecule has 0 radical (unpaired) electrons. The van der Waals surface area contributed by atoms with Crippen molar-refractivity contribution in [2.45, 2.75) is 12.5 Å². The van der Waals surface area contributed by atoms with Crippen LogP contribution in [0.2, 0.25) is 0 Å². The van der Waals surface area contributed by atoms with Crippen molar-refractivity contribution < 1.29 is 5.11 Å². The molecular weight excluding hydrogens is 310 g/mol. The Bertz CT molecular complexity index is 622. The van der Waals surface area contributed by atoms with Crippen molar-refractivity contribution >= 4 is 0 Å². The summed E-state index contributed by atoms with van der Waals surface area (Å²) in [4.78, 5) is 0. The van der Waals surface area contributed by atoms with Gasteiger partial charge >= 0.3 is 0 Å². The van der Waals surface area contributed by atoms with E-state index < -0.39 is 0 Å². The quantitative estimate of drug-likeness (QED) is 0.690. The minimum absolute atomic E-state index is 0.0933. The summed E-state index contributed by atoms with van der Waals surface area (Å²) in [6.45, 7) is 0.0933. The summed E-state index contributed by atoms with van der Waals surface area (Å²) in [5.41, 5.74) is 18.2. The van der Waals surface area contributed by atoms with Gasteiger partial charge < -0.3 is 22.3 Å². The second-order valence-electron chi connectivity index (χ2n) is 4.74.